The minimum Gasteiger partial charge on any atom is -0.481 e. The summed E-state index contributed by atoms with van der Waals surface area (Å²) in [6, 6.07) is 4.62. The van der Waals surface area contributed by atoms with E-state index in [4.69, 9.17) is 35.9 Å². The summed E-state index contributed by atoms with van der Waals surface area (Å²) in [6.07, 6.45) is 1.09. The maximum Gasteiger partial charge on any atom is 0.416 e. The predicted molar refractivity (Wildman–Crippen MR) is 245 cm³/mol. The molecule has 5 N–H and O–H groups in total. The van der Waals surface area contributed by atoms with E-state index in [9.17, 15) is 38.1 Å². The highest BCUT2D eigenvalue weighted by atomic mass is 32.1. The number of carboxylic acids is 1. The van der Waals surface area contributed by atoms with Crippen molar-refractivity contribution in [2.24, 2.45) is 47.3 Å². The number of hydrogen-bond acceptors (Lipinski definition) is 10. The number of carbonyl (C=O) groups excluding carboxylic acids is 1. The number of aliphatic carboxylic acids is 1. The van der Waals surface area contributed by atoms with E-state index in [0.29, 0.717) is 57.1 Å². The van der Waals surface area contributed by atoms with E-state index in [-0.39, 0.29) is 40.7 Å². The zero-order valence-electron chi connectivity index (χ0n) is 40.2. The van der Waals surface area contributed by atoms with Crippen LogP contribution in [0.3, 0.4) is 0 Å². The zero-order valence-corrected chi connectivity index (χ0v) is 41.0. The Morgan fingerprint density at radius 2 is 1.59 bits per heavy atom. The second kappa shape index (κ2) is 18.6. The minimum absolute atomic E-state index is 0.0641. The minimum atomic E-state index is -4.48. The van der Waals surface area contributed by atoms with Crippen molar-refractivity contribution >= 4 is 34.8 Å². The number of ketones is 1. The average Bonchev–Trinajstić information content (AvgIpc) is 3.60. The molecular formula is C50H73F3N2O10S. The lowest BCUT2D eigenvalue weighted by Gasteiger charge is -2.53. The number of Topliss-reactive ketones (excluding diaryl/α,β-unsaturated/α-hetero) is 1. The third-order valence-electron chi connectivity index (χ3n) is 17.0. The monoisotopic (exact) mass is 950 g/mol. The Balaban J connectivity index is 1.13. The van der Waals surface area contributed by atoms with Crippen LogP contribution in [0.2, 0.25) is 0 Å². The number of carbonyl (C=O) groups is 2. The standard InChI is InChI=1S/C50H73F3N2O10S/c1-11-34(43(58)59)36-19-14-26(4)41(62-36)30(8)39(56)29(7)40(57)35(12-2)42-27(5)24-28(6)48(63-42)23-22-47(55-44(66)54-33-17-15-32(16-18-33)50(51,52)53)37-25-45(10,64-49(37,47)65-48)38-20-21-46(60,13-3)31(9)61-38/h15-18,22-23,26-31,34-39,41-42,56,60H,11-14,19-21,24-25H2,1-10H3,(H,58,59)(H2,54,55,66)/t26-,27-,28+,29-,30-,31-,34+,35?,36+,37?,38+,39+,41+,42-,45-,46+,47-,48-,49-/m0/s1. The fourth-order valence-corrected chi connectivity index (χ4v) is 12.8. The zero-order chi connectivity index (χ0) is 48.5. The molecule has 0 radical (unpaired) electrons. The first-order valence-corrected chi connectivity index (χ1v) is 24.8. The van der Waals surface area contributed by atoms with Gasteiger partial charge < -0.3 is 49.6 Å². The van der Waals surface area contributed by atoms with Gasteiger partial charge in [0.2, 0.25) is 5.79 Å². The molecule has 6 aliphatic rings. The molecule has 0 amide bonds. The number of carboxylic acid groups (broad SMARTS) is 1. The summed E-state index contributed by atoms with van der Waals surface area (Å²) in [6.45, 7) is 19.4. The molecule has 66 heavy (non-hydrogen) atoms. The van der Waals surface area contributed by atoms with E-state index >= 15 is 0 Å². The molecule has 1 saturated carbocycles. The summed E-state index contributed by atoms with van der Waals surface area (Å²) in [4.78, 5) is 26.8. The van der Waals surface area contributed by atoms with E-state index in [2.05, 4.69) is 24.5 Å². The van der Waals surface area contributed by atoms with Crippen LogP contribution in [0.1, 0.15) is 133 Å². The smallest absolute Gasteiger partial charge is 0.416 e. The largest absolute Gasteiger partial charge is 0.481 e. The van der Waals surface area contributed by atoms with Crippen LogP contribution >= 0.6 is 12.2 Å². The molecule has 1 aromatic carbocycles. The lowest BCUT2D eigenvalue weighted by molar-refractivity contribution is -0.375. The van der Waals surface area contributed by atoms with Crippen LogP contribution in [-0.4, -0.2) is 97.1 Å². The van der Waals surface area contributed by atoms with Gasteiger partial charge in [0.25, 0.3) is 0 Å². The maximum absolute atomic E-state index is 14.7. The van der Waals surface area contributed by atoms with Crippen molar-refractivity contribution in [1.29, 1.82) is 0 Å². The van der Waals surface area contributed by atoms with Gasteiger partial charge in [0.05, 0.1) is 65.2 Å². The number of nitrogens with one attached hydrogen (secondary N) is 2. The summed E-state index contributed by atoms with van der Waals surface area (Å²) >= 11 is 5.80. The fraction of sp³-hybridized carbons (Fsp3) is 0.780. The first-order valence-electron chi connectivity index (χ1n) is 24.4. The Morgan fingerprint density at radius 1 is 0.924 bits per heavy atom. The fourth-order valence-electron chi connectivity index (χ4n) is 12.5. The van der Waals surface area contributed by atoms with Crippen LogP contribution in [0, 0.1) is 47.3 Å². The number of thiocarbonyl (C=S) groups is 1. The molecule has 5 heterocycles. The molecule has 0 aromatic heterocycles. The Labute approximate surface area is 393 Å². The van der Waals surface area contributed by atoms with Crippen LogP contribution in [0.4, 0.5) is 18.9 Å². The number of ether oxygens (including phenoxy) is 5. The Hall–Kier alpha value is -2.70. The summed E-state index contributed by atoms with van der Waals surface area (Å²) in [7, 11) is 0. The number of hydrogen-bond donors (Lipinski definition) is 5. The molecular weight excluding hydrogens is 878 g/mol. The highest BCUT2D eigenvalue weighted by Gasteiger charge is 2.88. The van der Waals surface area contributed by atoms with Crippen molar-refractivity contribution in [1.82, 2.24) is 5.32 Å². The summed E-state index contributed by atoms with van der Waals surface area (Å²) in [5, 5.41) is 39.6. The van der Waals surface area contributed by atoms with Crippen molar-refractivity contribution in [3.05, 3.63) is 42.0 Å². The van der Waals surface area contributed by atoms with Crippen molar-refractivity contribution < 1.29 is 61.8 Å². The highest BCUT2D eigenvalue weighted by molar-refractivity contribution is 7.80. The van der Waals surface area contributed by atoms with Crippen LogP contribution in [0.5, 0.6) is 0 Å². The molecule has 19 atom stereocenters. The van der Waals surface area contributed by atoms with Gasteiger partial charge in [-0.1, -0.05) is 61.5 Å². The van der Waals surface area contributed by atoms with Gasteiger partial charge in [0, 0.05) is 29.4 Å². The van der Waals surface area contributed by atoms with Gasteiger partial charge in [-0.3, -0.25) is 9.59 Å². The lowest BCUT2D eigenvalue weighted by Crippen LogP contribution is -2.62. The third kappa shape index (κ3) is 8.89. The van der Waals surface area contributed by atoms with Crippen LogP contribution in [-0.2, 0) is 39.4 Å². The van der Waals surface area contributed by atoms with Gasteiger partial charge >= 0.3 is 12.1 Å². The number of fused-ring (bicyclic) bond motifs is 1. The van der Waals surface area contributed by atoms with E-state index in [1.165, 1.54) is 12.1 Å². The normalized spacial score (nSPS) is 42.0. The number of alkyl halides is 3. The predicted octanol–water partition coefficient (Wildman–Crippen LogP) is 8.81. The number of aliphatic hydroxyl groups excluding tert-OH is 1. The van der Waals surface area contributed by atoms with Crippen molar-refractivity contribution in [2.45, 2.75) is 198 Å². The average molecular weight is 951 g/mol. The first kappa shape index (κ1) is 51.2. The molecule has 5 fully saturated rings. The molecule has 4 saturated heterocycles. The van der Waals surface area contributed by atoms with Gasteiger partial charge in [-0.15, -0.1) is 0 Å². The number of anilines is 1. The van der Waals surface area contributed by atoms with E-state index < -0.39 is 100 Å². The molecule has 2 spiro atoms. The van der Waals surface area contributed by atoms with E-state index in [1.807, 2.05) is 60.6 Å². The Kier molecular flexibility index (Phi) is 14.4. The molecule has 1 aliphatic carbocycles. The van der Waals surface area contributed by atoms with Crippen LogP contribution < -0.4 is 10.6 Å². The van der Waals surface area contributed by atoms with Crippen LogP contribution in [0.15, 0.2) is 36.4 Å². The number of rotatable bonds is 14. The van der Waals surface area contributed by atoms with Gasteiger partial charge in [0.1, 0.15) is 11.3 Å². The van der Waals surface area contributed by atoms with E-state index in [0.717, 1.165) is 18.6 Å². The molecule has 370 valence electrons. The molecule has 16 heteroatoms. The Morgan fingerprint density at radius 3 is 2.18 bits per heavy atom. The summed E-state index contributed by atoms with van der Waals surface area (Å²) in [5.74, 6) is -6.68. The second-order valence-electron chi connectivity index (χ2n) is 21.1. The van der Waals surface area contributed by atoms with Gasteiger partial charge in [0.15, 0.2) is 10.9 Å². The third-order valence-corrected chi connectivity index (χ3v) is 17.2. The lowest BCUT2D eigenvalue weighted by atomic mass is 9.72. The topological polar surface area (TPSA) is 165 Å². The SMILES string of the molecule is CCC(C(=O)[C@@H](C)[C@@H](O)[C@H](C)[C@@H]1O[C@@H]([C@@H](CC)C(=O)O)CC[C@@H]1C)[C@H]1O[C@]2(C=C[C@]3(NC(=S)Nc4ccc(C(F)(F)F)cc4)C4C[C@@](C)([C@H]5CC[C@](O)(CC)[C@H](C)O5)O[C@]43O2)[C@H](C)C[C@@H]1C. The number of benzene rings is 1. The summed E-state index contributed by atoms with van der Waals surface area (Å²) in [5.41, 5.74) is -3.20. The van der Waals surface area contributed by atoms with Gasteiger partial charge in [-0.25, -0.2) is 0 Å². The maximum atomic E-state index is 14.7. The Bertz CT molecular complexity index is 1990. The number of aliphatic hydroxyl groups is 2. The van der Waals surface area contributed by atoms with Crippen molar-refractivity contribution in [3.8, 4) is 0 Å². The first-order chi connectivity index (χ1) is 30.8. The molecule has 1 aromatic rings. The van der Waals surface area contributed by atoms with Crippen molar-refractivity contribution in [2.75, 3.05) is 5.32 Å². The van der Waals surface area contributed by atoms with Crippen LogP contribution in [0.25, 0.3) is 0 Å². The number of halogens is 3. The molecule has 2 unspecified atom stereocenters. The van der Waals surface area contributed by atoms with Crippen molar-refractivity contribution in [3.63, 3.8) is 0 Å². The molecule has 12 nitrogen and oxygen atoms in total. The summed E-state index contributed by atoms with van der Waals surface area (Å²) < 4.78 is 74.7. The van der Waals surface area contributed by atoms with E-state index in [1.54, 1.807) is 6.92 Å². The quantitative estimate of drug-likeness (QED) is 0.0889. The molecule has 7 rings (SSSR count). The second-order valence-corrected chi connectivity index (χ2v) is 21.5. The molecule has 5 aliphatic heterocycles. The van der Waals surface area contributed by atoms with Gasteiger partial charge in [-0.2, -0.15) is 13.2 Å². The highest BCUT2D eigenvalue weighted by Crippen LogP contribution is 2.73. The molecule has 0 bridgehead atoms. The van der Waals surface area contributed by atoms with Gasteiger partial charge in [-0.05, 0) is 126 Å².